The molecule has 4 aliphatic heterocycles. The van der Waals surface area contributed by atoms with Crippen LogP contribution in [0.15, 0.2) is 132 Å². The highest BCUT2D eigenvalue weighted by atomic mass is 16.5. The number of carbonyl (C=O) groups is 3. The standard InChI is InChI=1S/C26H28N4O3.C16H24O.C6H12N2O/c1-19(31)28-11-13-29(14-12-28)25-10-8-22(18-27-25)30-15-16-33-24-17-21(7-9-23(24)26(30)32)20-5-3-2-4-6-20;1-7-11-17-16(6)12-15(5)14(4)10-9-13(3)8-2;1-7-2-4-8(6-9)5-3-7/h2-10,17,27H,11-16,18H2,1H3;8-10,12H,4,6-7,11H2,1-3,5H3;6H,2-5H2,1H3/b;10-9-,13-8-,15-12+;. The molecule has 11 nitrogen and oxygen atoms in total. The summed E-state index contributed by atoms with van der Waals surface area (Å²) < 4.78 is 11.4. The molecule has 0 bridgehead atoms. The molecule has 0 aromatic heterocycles. The monoisotopic (exact) mass is 804 g/mol. The van der Waals surface area contributed by atoms with Crippen LogP contribution in [0.3, 0.4) is 0 Å². The second-order valence-corrected chi connectivity index (χ2v) is 14.9. The molecule has 59 heavy (non-hydrogen) atoms. The van der Waals surface area contributed by atoms with Crippen LogP contribution < -0.4 is 10.1 Å². The third-order valence-electron chi connectivity index (χ3n) is 10.5. The lowest BCUT2D eigenvalue weighted by atomic mass is 10.0. The van der Waals surface area contributed by atoms with Gasteiger partial charge in [0, 0.05) is 65.0 Å². The van der Waals surface area contributed by atoms with Gasteiger partial charge in [-0.1, -0.05) is 80.3 Å². The van der Waals surface area contributed by atoms with E-state index in [1.807, 2.05) is 84.3 Å². The minimum absolute atomic E-state index is 0.0397. The maximum Gasteiger partial charge on any atom is 0.261 e. The van der Waals surface area contributed by atoms with Gasteiger partial charge >= 0.3 is 0 Å². The smallest absolute Gasteiger partial charge is 0.261 e. The van der Waals surface area contributed by atoms with E-state index in [1.165, 1.54) is 5.57 Å². The van der Waals surface area contributed by atoms with Crippen molar-refractivity contribution in [2.24, 2.45) is 0 Å². The summed E-state index contributed by atoms with van der Waals surface area (Å²) in [6.45, 7) is 26.7. The van der Waals surface area contributed by atoms with Gasteiger partial charge in [0.25, 0.3) is 5.91 Å². The van der Waals surface area contributed by atoms with Crippen LogP contribution in [0.5, 0.6) is 5.75 Å². The molecule has 0 aliphatic carbocycles. The molecule has 316 valence electrons. The van der Waals surface area contributed by atoms with Crippen LogP contribution >= 0.6 is 0 Å². The van der Waals surface area contributed by atoms with E-state index in [0.717, 1.165) is 99.0 Å². The number of benzene rings is 2. The summed E-state index contributed by atoms with van der Waals surface area (Å²) in [7, 11) is 2.07. The van der Waals surface area contributed by atoms with Gasteiger partial charge in [-0.3, -0.25) is 14.4 Å². The lowest BCUT2D eigenvalue weighted by Gasteiger charge is -2.38. The first-order chi connectivity index (χ1) is 28.4. The Morgan fingerprint density at radius 3 is 2.22 bits per heavy atom. The predicted octanol–water partition coefficient (Wildman–Crippen LogP) is 7.02. The average molecular weight is 805 g/mol. The Balaban J connectivity index is 0.000000246. The van der Waals surface area contributed by atoms with E-state index in [9.17, 15) is 14.4 Å². The third kappa shape index (κ3) is 14.2. The van der Waals surface area contributed by atoms with E-state index in [1.54, 1.807) is 11.8 Å². The number of hydrogen-bond donors (Lipinski definition) is 1. The average Bonchev–Trinajstić information content (AvgIpc) is 3.43. The Labute approximate surface area is 352 Å². The quantitative estimate of drug-likeness (QED) is 0.147. The van der Waals surface area contributed by atoms with Crippen molar-refractivity contribution in [3.05, 3.63) is 138 Å². The van der Waals surface area contributed by atoms with E-state index in [0.29, 0.717) is 43.4 Å². The van der Waals surface area contributed by atoms with Gasteiger partial charge in [-0.15, -0.1) is 0 Å². The Morgan fingerprint density at radius 1 is 0.898 bits per heavy atom. The van der Waals surface area contributed by atoms with Gasteiger partial charge in [-0.05, 0) is 86.9 Å². The molecule has 0 atom stereocenters. The summed E-state index contributed by atoms with van der Waals surface area (Å²) in [5.74, 6) is 2.45. The summed E-state index contributed by atoms with van der Waals surface area (Å²) in [4.78, 5) is 45.1. The first-order valence-corrected chi connectivity index (χ1v) is 20.6. The number of likely N-dealkylation sites (N-methyl/N-ethyl adjacent to an activating group) is 1. The van der Waals surface area contributed by atoms with Crippen molar-refractivity contribution in [3.63, 3.8) is 0 Å². The second kappa shape index (κ2) is 23.6. The van der Waals surface area contributed by atoms with Gasteiger partial charge in [-0.25, -0.2) is 0 Å². The number of dihydropyridines is 1. The highest BCUT2D eigenvalue weighted by Gasteiger charge is 2.28. The van der Waals surface area contributed by atoms with Gasteiger partial charge in [0.2, 0.25) is 12.3 Å². The van der Waals surface area contributed by atoms with Gasteiger partial charge in [0.05, 0.1) is 25.3 Å². The maximum atomic E-state index is 13.4. The molecule has 3 amide bonds. The van der Waals surface area contributed by atoms with Crippen LogP contribution in [0.4, 0.5) is 0 Å². The van der Waals surface area contributed by atoms with Crippen LogP contribution in [0.1, 0.15) is 51.4 Å². The Morgan fingerprint density at radius 2 is 1.61 bits per heavy atom. The molecule has 0 radical (unpaired) electrons. The van der Waals surface area contributed by atoms with E-state index in [4.69, 9.17) is 9.47 Å². The first-order valence-electron chi connectivity index (χ1n) is 20.6. The summed E-state index contributed by atoms with van der Waals surface area (Å²) in [5.41, 5.74) is 6.92. The molecular weight excluding hydrogens is 741 g/mol. The summed E-state index contributed by atoms with van der Waals surface area (Å²) >= 11 is 0. The van der Waals surface area contributed by atoms with Crippen LogP contribution in [0.2, 0.25) is 0 Å². The molecule has 4 aliphatic rings. The fraction of sp³-hybridized carbons (Fsp3) is 0.396. The number of nitrogens with one attached hydrogen (secondary N) is 1. The molecule has 1 N–H and O–H groups in total. The van der Waals surface area contributed by atoms with E-state index >= 15 is 0 Å². The Kier molecular flexibility index (Phi) is 18.3. The molecule has 2 fully saturated rings. The largest absolute Gasteiger partial charge is 0.494 e. The molecule has 4 heterocycles. The van der Waals surface area contributed by atoms with Crippen molar-refractivity contribution < 1.29 is 23.9 Å². The van der Waals surface area contributed by atoms with Gasteiger partial charge in [-0.2, -0.15) is 0 Å². The zero-order chi connectivity index (χ0) is 42.7. The van der Waals surface area contributed by atoms with Crippen LogP contribution in [0, 0.1) is 0 Å². The molecule has 2 aromatic rings. The number of rotatable bonds is 11. The van der Waals surface area contributed by atoms with E-state index < -0.39 is 0 Å². The van der Waals surface area contributed by atoms with Crippen LogP contribution in [-0.2, 0) is 14.3 Å². The minimum atomic E-state index is -0.0397. The number of carbonyl (C=O) groups excluding carboxylic acids is 3. The SMILES string of the molecule is C=C(/C=C(\C)C(=C)/C=C\C(C)=C/C)OCCC.CC(=O)N1CCN(C2=CC=C(N3CCOc4cc(-c5ccccc5)ccc4C3=O)CN2)CC1.CN1CCN(C=O)CC1. The number of piperazine rings is 2. The molecular formula is C48H64N6O5. The predicted molar refractivity (Wildman–Crippen MR) is 238 cm³/mol. The maximum absolute atomic E-state index is 13.4. The van der Waals surface area contributed by atoms with Crippen LogP contribution in [0.25, 0.3) is 11.1 Å². The zero-order valence-electron chi connectivity index (χ0n) is 36.0. The summed E-state index contributed by atoms with van der Waals surface area (Å²) in [5, 5.41) is 3.46. The molecule has 0 saturated carbocycles. The molecule has 11 heteroatoms. The lowest BCUT2D eigenvalue weighted by molar-refractivity contribution is -0.130. The van der Waals surface area contributed by atoms with Crippen molar-refractivity contribution in [2.75, 3.05) is 85.7 Å². The number of nitrogens with zero attached hydrogens (tertiary/aromatic N) is 5. The number of amides is 3. The van der Waals surface area contributed by atoms with Gasteiger partial charge < -0.3 is 39.3 Å². The van der Waals surface area contributed by atoms with Gasteiger partial charge in [0.15, 0.2) is 0 Å². The molecule has 2 aromatic carbocycles. The molecule has 0 spiro atoms. The lowest BCUT2D eigenvalue weighted by Crippen LogP contribution is -2.50. The normalized spacial score (nSPS) is 17.4. The summed E-state index contributed by atoms with van der Waals surface area (Å²) in [6, 6.07) is 15.9. The highest BCUT2D eigenvalue weighted by molar-refractivity contribution is 5.99. The summed E-state index contributed by atoms with van der Waals surface area (Å²) in [6.07, 6.45) is 14.0. The third-order valence-corrected chi connectivity index (χ3v) is 10.5. The van der Waals surface area contributed by atoms with E-state index in [2.05, 4.69) is 73.5 Å². The topological polar surface area (TPSA) is 97.9 Å². The molecule has 0 unspecified atom stereocenters. The number of fused-ring (bicyclic) bond motifs is 1. The number of allylic oxidation sites excluding steroid dienone is 9. The zero-order valence-corrected chi connectivity index (χ0v) is 36.0. The van der Waals surface area contributed by atoms with E-state index in [-0.39, 0.29) is 11.8 Å². The van der Waals surface area contributed by atoms with Crippen molar-refractivity contribution in [2.45, 2.75) is 41.0 Å². The van der Waals surface area contributed by atoms with Crippen molar-refractivity contribution in [1.29, 1.82) is 0 Å². The number of ether oxygens (including phenoxy) is 2. The van der Waals surface area contributed by atoms with Crippen molar-refractivity contribution >= 4 is 18.2 Å². The fourth-order valence-corrected chi connectivity index (χ4v) is 6.53. The van der Waals surface area contributed by atoms with Crippen molar-refractivity contribution in [1.82, 2.24) is 29.8 Å². The number of hydrogen-bond acceptors (Lipinski definition) is 8. The fourth-order valence-electron chi connectivity index (χ4n) is 6.53. The second-order valence-electron chi connectivity index (χ2n) is 14.9. The van der Waals surface area contributed by atoms with Crippen LogP contribution in [-0.4, -0.2) is 128 Å². The van der Waals surface area contributed by atoms with Crippen molar-refractivity contribution in [3.8, 4) is 16.9 Å². The van der Waals surface area contributed by atoms with Gasteiger partial charge in [0.1, 0.15) is 23.9 Å². The highest BCUT2D eigenvalue weighted by Crippen LogP contribution is 2.31. The Bertz CT molecular complexity index is 1910. The Hall–Kier alpha value is -5.81. The molecule has 6 rings (SSSR count). The minimum Gasteiger partial charge on any atom is -0.494 e. The first kappa shape index (κ1) is 45.9. The molecule has 2 saturated heterocycles.